The number of rotatable bonds is 12. The molecule has 42 heavy (non-hydrogen) atoms. The van der Waals surface area contributed by atoms with Crippen molar-refractivity contribution < 1.29 is 19.5 Å². The predicted molar refractivity (Wildman–Crippen MR) is 165 cm³/mol. The largest absolute Gasteiger partial charge is 0.480 e. The van der Waals surface area contributed by atoms with E-state index in [2.05, 4.69) is 18.3 Å². The highest BCUT2D eigenvalue weighted by molar-refractivity contribution is 6.09. The zero-order chi connectivity index (χ0) is 29.5. The molecule has 2 aliphatic rings. The van der Waals surface area contributed by atoms with E-state index in [0.717, 1.165) is 41.5 Å². The fourth-order valence-electron chi connectivity index (χ4n) is 6.25. The molecule has 216 valence electrons. The maximum Gasteiger partial charge on any atom is 0.325 e. The van der Waals surface area contributed by atoms with Gasteiger partial charge in [0, 0.05) is 19.0 Å². The molecule has 0 aromatic heterocycles. The fraction of sp³-hybridized carbons (Fsp3) is 0.306. The Morgan fingerprint density at radius 2 is 1.48 bits per heavy atom. The molecule has 0 saturated carbocycles. The minimum atomic E-state index is -1.61. The Labute approximate surface area is 247 Å². The summed E-state index contributed by atoms with van der Waals surface area (Å²) in [6, 6.07) is 26.5. The third-order valence-corrected chi connectivity index (χ3v) is 8.43. The van der Waals surface area contributed by atoms with E-state index in [4.69, 9.17) is 0 Å². The lowest BCUT2D eigenvalue weighted by atomic mass is 9.76. The maximum atomic E-state index is 13.9. The van der Waals surface area contributed by atoms with E-state index in [9.17, 15) is 19.5 Å². The van der Waals surface area contributed by atoms with Gasteiger partial charge in [0.05, 0.1) is 11.8 Å². The monoisotopic (exact) mass is 562 g/mol. The van der Waals surface area contributed by atoms with Crippen molar-refractivity contribution in [1.82, 2.24) is 10.2 Å². The van der Waals surface area contributed by atoms with Gasteiger partial charge in [-0.3, -0.25) is 24.6 Å². The first-order chi connectivity index (χ1) is 20.4. The summed E-state index contributed by atoms with van der Waals surface area (Å²) in [4.78, 5) is 42.1. The molecule has 0 radical (unpaired) electrons. The second kappa shape index (κ2) is 13.1. The third-order valence-electron chi connectivity index (χ3n) is 8.43. The van der Waals surface area contributed by atoms with Crippen LogP contribution in [-0.4, -0.2) is 39.9 Å². The molecule has 2 heterocycles. The number of amides is 2. The van der Waals surface area contributed by atoms with Gasteiger partial charge < -0.3 is 5.11 Å². The summed E-state index contributed by atoms with van der Waals surface area (Å²) in [5.41, 5.74) is 2.05. The van der Waals surface area contributed by atoms with E-state index in [1.807, 2.05) is 103 Å². The number of hydrogen-bond acceptors (Lipinski definition) is 4. The molecule has 3 aromatic carbocycles. The van der Waals surface area contributed by atoms with E-state index < -0.39 is 35.3 Å². The molecule has 0 spiro atoms. The van der Waals surface area contributed by atoms with Gasteiger partial charge in [0.1, 0.15) is 5.54 Å². The van der Waals surface area contributed by atoms with Crippen LogP contribution >= 0.6 is 0 Å². The number of nitrogens with zero attached hydrogens (tertiary/aromatic N) is 1. The molecule has 2 N–H and O–H groups in total. The van der Waals surface area contributed by atoms with E-state index in [1.54, 1.807) is 0 Å². The van der Waals surface area contributed by atoms with Crippen LogP contribution in [-0.2, 0) is 20.8 Å². The molecular weight excluding hydrogens is 524 g/mol. The van der Waals surface area contributed by atoms with Crippen LogP contribution in [0.2, 0.25) is 0 Å². The number of unbranched alkanes of at least 4 members (excludes halogenated alkanes) is 2. The van der Waals surface area contributed by atoms with Crippen LogP contribution in [0, 0.1) is 11.8 Å². The molecule has 2 fully saturated rings. The Morgan fingerprint density at radius 3 is 2.12 bits per heavy atom. The van der Waals surface area contributed by atoms with Crippen molar-refractivity contribution in [3.8, 4) is 0 Å². The lowest BCUT2D eigenvalue weighted by molar-refractivity contribution is -0.151. The lowest BCUT2D eigenvalue weighted by Crippen LogP contribution is -2.57. The summed E-state index contributed by atoms with van der Waals surface area (Å²) in [7, 11) is 0. The average Bonchev–Trinajstić information content (AvgIpc) is 3.48. The smallest absolute Gasteiger partial charge is 0.325 e. The summed E-state index contributed by atoms with van der Waals surface area (Å²) in [6.07, 6.45) is 12.0. The number of nitrogens with one attached hydrogen (secondary N) is 1. The molecule has 4 unspecified atom stereocenters. The van der Waals surface area contributed by atoms with Gasteiger partial charge in [0.25, 0.3) is 0 Å². The number of aliphatic carboxylic acids is 1. The molecule has 2 saturated heterocycles. The molecule has 0 bridgehead atoms. The number of fused-ring (bicyclic) bond motifs is 1. The number of benzene rings is 3. The zero-order valence-electron chi connectivity index (χ0n) is 24.0. The standard InChI is InChI=1S/C36H38N2O4/c1-2-3-4-5-6-13-24-38-33(39)30-31(34(38)40)36(35(41)42,25-28-16-11-8-12-17-28)37-32(30)29-22-20-27(21-23-29)19-18-26-14-9-7-10-15-26/h5-12,14-23,30-32,37H,2-4,13,24-25H2,1H3,(H,41,42)/b6-5+,19-18+. The Morgan fingerprint density at radius 1 is 0.857 bits per heavy atom. The number of carboxylic acids is 1. The molecule has 4 atom stereocenters. The van der Waals surface area contributed by atoms with Crippen molar-refractivity contribution in [2.45, 2.75) is 50.6 Å². The van der Waals surface area contributed by atoms with Gasteiger partial charge in [-0.1, -0.05) is 129 Å². The highest BCUT2D eigenvalue weighted by Gasteiger charge is 2.68. The minimum absolute atomic E-state index is 0.0997. The Bertz CT molecular complexity index is 1450. The minimum Gasteiger partial charge on any atom is -0.480 e. The fourth-order valence-corrected chi connectivity index (χ4v) is 6.25. The summed E-state index contributed by atoms with van der Waals surface area (Å²) in [5.74, 6) is -3.62. The van der Waals surface area contributed by atoms with Gasteiger partial charge in [0.15, 0.2) is 0 Å². The second-order valence-electron chi connectivity index (χ2n) is 11.2. The van der Waals surface area contributed by atoms with Crippen LogP contribution in [0.4, 0.5) is 0 Å². The van der Waals surface area contributed by atoms with Crippen LogP contribution in [0.3, 0.4) is 0 Å². The average molecular weight is 563 g/mol. The number of hydrogen-bond donors (Lipinski definition) is 2. The van der Waals surface area contributed by atoms with E-state index in [0.29, 0.717) is 6.42 Å². The second-order valence-corrected chi connectivity index (χ2v) is 11.2. The van der Waals surface area contributed by atoms with Crippen LogP contribution in [0.1, 0.15) is 60.9 Å². The summed E-state index contributed by atoms with van der Waals surface area (Å²) in [5, 5.41) is 14.0. The molecule has 2 aliphatic heterocycles. The third kappa shape index (κ3) is 6.00. The first-order valence-electron chi connectivity index (χ1n) is 14.8. The number of carbonyl (C=O) groups is 3. The van der Waals surface area contributed by atoms with Gasteiger partial charge >= 0.3 is 5.97 Å². The van der Waals surface area contributed by atoms with Crippen molar-refractivity contribution in [2.24, 2.45) is 11.8 Å². The molecule has 6 nitrogen and oxygen atoms in total. The SMILES string of the molecule is CCCC/C=C/CCN1C(=O)C2C(c3ccc(/C=C/c4ccccc4)cc3)NC(Cc3ccccc3)(C(=O)O)C2C1=O. The first-order valence-corrected chi connectivity index (χ1v) is 14.8. The Balaban J connectivity index is 1.45. The summed E-state index contributed by atoms with van der Waals surface area (Å²) >= 11 is 0. The molecule has 5 rings (SSSR count). The number of likely N-dealkylation sites (tertiary alicyclic amines) is 1. The molecule has 6 heteroatoms. The maximum absolute atomic E-state index is 13.9. The van der Waals surface area contributed by atoms with E-state index in [-0.39, 0.29) is 18.9 Å². The van der Waals surface area contributed by atoms with E-state index >= 15 is 0 Å². The topological polar surface area (TPSA) is 86.7 Å². The molecule has 3 aromatic rings. The molecular formula is C36H38N2O4. The van der Waals surface area contributed by atoms with Gasteiger partial charge in [-0.05, 0) is 35.1 Å². The highest BCUT2D eigenvalue weighted by atomic mass is 16.4. The normalized spacial score (nSPS) is 23.7. The number of allylic oxidation sites excluding steroid dienone is 1. The quantitative estimate of drug-likeness (QED) is 0.117. The highest BCUT2D eigenvalue weighted by Crippen LogP contribution is 2.50. The predicted octanol–water partition coefficient (Wildman–Crippen LogP) is 6.31. The van der Waals surface area contributed by atoms with E-state index in [1.165, 1.54) is 4.90 Å². The number of carboxylic acid groups (broad SMARTS) is 1. The van der Waals surface area contributed by atoms with Crippen LogP contribution in [0.5, 0.6) is 0 Å². The van der Waals surface area contributed by atoms with Gasteiger partial charge in [-0.15, -0.1) is 0 Å². The van der Waals surface area contributed by atoms with Crippen molar-refractivity contribution in [1.29, 1.82) is 0 Å². The van der Waals surface area contributed by atoms with Crippen LogP contribution in [0.15, 0.2) is 97.1 Å². The first kappa shape index (κ1) is 29.2. The van der Waals surface area contributed by atoms with Crippen molar-refractivity contribution >= 4 is 29.9 Å². The summed E-state index contributed by atoms with van der Waals surface area (Å²) < 4.78 is 0. The van der Waals surface area contributed by atoms with Crippen LogP contribution < -0.4 is 5.32 Å². The number of carbonyl (C=O) groups excluding carboxylic acids is 2. The van der Waals surface area contributed by atoms with Crippen molar-refractivity contribution in [3.05, 3.63) is 119 Å². The van der Waals surface area contributed by atoms with Crippen molar-refractivity contribution in [2.75, 3.05) is 6.54 Å². The van der Waals surface area contributed by atoms with Gasteiger partial charge in [-0.25, -0.2) is 0 Å². The van der Waals surface area contributed by atoms with Gasteiger partial charge in [-0.2, -0.15) is 0 Å². The Kier molecular flexibility index (Phi) is 9.13. The molecule has 2 amide bonds. The van der Waals surface area contributed by atoms with Gasteiger partial charge in [0.2, 0.25) is 11.8 Å². The zero-order valence-corrected chi connectivity index (χ0v) is 24.0. The lowest BCUT2D eigenvalue weighted by Gasteiger charge is -2.31. The molecule has 0 aliphatic carbocycles. The Hall–Kier alpha value is -4.29. The summed E-state index contributed by atoms with van der Waals surface area (Å²) in [6.45, 7) is 2.39. The van der Waals surface area contributed by atoms with Crippen molar-refractivity contribution in [3.63, 3.8) is 0 Å². The van der Waals surface area contributed by atoms with Crippen LogP contribution in [0.25, 0.3) is 12.2 Å². The number of imide groups is 1.